The van der Waals surface area contributed by atoms with Gasteiger partial charge in [-0.15, -0.1) is 0 Å². The van der Waals surface area contributed by atoms with E-state index in [4.69, 9.17) is 0 Å². The molecule has 0 saturated carbocycles. The first kappa shape index (κ1) is 15.2. The summed E-state index contributed by atoms with van der Waals surface area (Å²) in [7, 11) is 0. The van der Waals surface area contributed by atoms with Crippen LogP contribution in [0.1, 0.15) is 52.4 Å². The van der Waals surface area contributed by atoms with Crippen LogP contribution in [0.3, 0.4) is 0 Å². The van der Waals surface area contributed by atoms with E-state index in [9.17, 15) is 8.78 Å². The molecule has 0 N–H and O–H groups in total. The van der Waals surface area contributed by atoms with Crippen LogP contribution in [0.25, 0.3) is 0 Å². The van der Waals surface area contributed by atoms with Crippen LogP contribution in [0.4, 0.5) is 8.78 Å². The van der Waals surface area contributed by atoms with Crippen LogP contribution in [0.2, 0.25) is 0 Å². The quantitative estimate of drug-likeness (QED) is 0.541. The van der Waals surface area contributed by atoms with E-state index in [2.05, 4.69) is 13.0 Å². The summed E-state index contributed by atoms with van der Waals surface area (Å²) < 4.78 is 28.6. The van der Waals surface area contributed by atoms with Gasteiger partial charge in [-0.3, -0.25) is 0 Å². The van der Waals surface area contributed by atoms with Gasteiger partial charge in [0.1, 0.15) is 11.7 Å². The first-order chi connectivity index (χ1) is 10.5. The van der Waals surface area contributed by atoms with E-state index >= 15 is 0 Å². The largest absolute Gasteiger partial charge is 0.207 e. The van der Waals surface area contributed by atoms with E-state index in [1.54, 1.807) is 12.2 Å². The minimum absolute atomic E-state index is 0.174. The van der Waals surface area contributed by atoms with Crippen LogP contribution in [-0.2, 0) is 0 Å². The lowest BCUT2D eigenvalue weighted by Gasteiger charge is -2.23. The number of hydrogen-bond donors (Lipinski definition) is 0. The fourth-order valence-electron chi connectivity index (χ4n) is 3.37. The van der Waals surface area contributed by atoms with Gasteiger partial charge in [-0.05, 0) is 86.8 Å². The summed E-state index contributed by atoms with van der Waals surface area (Å²) in [4.78, 5) is 0. The van der Waals surface area contributed by atoms with Gasteiger partial charge in [0, 0.05) is 0 Å². The second-order valence-corrected chi connectivity index (χ2v) is 6.52. The molecule has 0 atom stereocenters. The molecule has 3 aliphatic rings. The van der Waals surface area contributed by atoms with E-state index in [1.165, 1.54) is 5.57 Å². The predicted molar refractivity (Wildman–Crippen MR) is 87.7 cm³/mol. The highest BCUT2D eigenvalue weighted by molar-refractivity contribution is 5.50. The maximum absolute atomic E-state index is 14.5. The van der Waals surface area contributed by atoms with E-state index in [0.717, 1.165) is 48.0 Å². The molecule has 0 aliphatic heterocycles. The third kappa shape index (κ3) is 3.06. The normalized spacial score (nSPS) is 23.1. The van der Waals surface area contributed by atoms with Gasteiger partial charge >= 0.3 is 0 Å². The Balaban J connectivity index is 1.90. The first-order valence-corrected chi connectivity index (χ1v) is 8.06. The second kappa shape index (κ2) is 6.20. The zero-order chi connectivity index (χ0) is 15.7. The summed E-state index contributed by atoms with van der Waals surface area (Å²) >= 11 is 0. The lowest BCUT2D eigenvalue weighted by Crippen LogP contribution is -2.06. The van der Waals surface area contributed by atoms with Crippen LogP contribution < -0.4 is 0 Å². The van der Waals surface area contributed by atoms with Crippen LogP contribution in [0.5, 0.6) is 0 Å². The molecule has 2 heteroatoms. The molecule has 3 rings (SSSR count). The smallest absolute Gasteiger partial charge is 0.126 e. The molecule has 0 radical (unpaired) electrons. The van der Waals surface area contributed by atoms with Gasteiger partial charge in [0.15, 0.2) is 0 Å². The number of hydrogen-bond acceptors (Lipinski definition) is 0. The summed E-state index contributed by atoms with van der Waals surface area (Å²) in [5.74, 6) is -0.353. The molecule has 0 fully saturated rings. The molecular weight excluding hydrogens is 278 g/mol. The molecule has 0 saturated heterocycles. The average Bonchev–Trinajstić information content (AvgIpc) is 2.48. The van der Waals surface area contributed by atoms with E-state index < -0.39 is 0 Å². The van der Waals surface area contributed by atoms with Crippen molar-refractivity contribution in [2.24, 2.45) is 0 Å². The van der Waals surface area contributed by atoms with Crippen LogP contribution in [0.15, 0.2) is 69.4 Å². The van der Waals surface area contributed by atoms with Crippen molar-refractivity contribution in [3.05, 3.63) is 69.4 Å². The topological polar surface area (TPSA) is 0 Å². The van der Waals surface area contributed by atoms with Crippen molar-refractivity contribution in [1.29, 1.82) is 0 Å². The molecule has 0 bridgehead atoms. The first-order valence-electron chi connectivity index (χ1n) is 8.06. The van der Waals surface area contributed by atoms with Gasteiger partial charge in [0.25, 0.3) is 0 Å². The second-order valence-electron chi connectivity index (χ2n) is 6.52. The van der Waals surface area contributed by atoms with Crippen molar-refractivity contribution in [2.75, 3.05) is 0 Å². The van der Waals surface area contributed by atoms with E-state index in [0.29, 0.717) is 18.4 Å². The molecule has 116 valence electrons. The fourth-order valence-corrected chi connectivity index (χ4v) is 3.37. The Bertz CT molecular complexity index is 678. The Hall–Kier alpha value is -1.70. The maximum atomic E-state index is 14.5. The molecule has 0 heterocycles. The Morgan fingerprint density at radius 2 is 1.23 bits per heavy atom. The van der Waals surface area contributed by atoms with Gasteiger partial charge in [0.05, 0.1) is 0 Å². The van der Waals surface area contributed by atoms with Gasteiger partial charge in [-0.25, -0.2) is 8.78 Å². The summed E-state index contributed by atoms with van der Waals surface area (Å²) in [5, 5.41) is 0. The van der Waals surface area contributed by atoms with Crippen LogP contribution in [0, 0.1) is 0 Å². The Labute approximate surface area is 131 Å². The summed E-state index contributed by atoms with van der Waals surface area (Å²) in [6.07, 6.45) is 12.2. The van der Waals surface area contributed by atoms with Crippen molar-refractivity contribution in [1.82, 2.24) is 0 Å². The maximum Gasteiger partial charge on any atom is 0.126 e. The van der Waals surface area contributed by atoms with Crippen molar-refractivity contribution in [3.8, 4) is 0 Å². The lowest BCUT2D eigenvalue weighted by molar-refractivity contribution is 0.614. The molecule has 0 aromatic carbocycles. The monoisotopic (exact) mass is 300 g/mol. The van der Waals surface area contributed by atoms with E-state index in [-0.39, 0.29) is 11.7 Å². The summed E-state index contributed by atoms with van der Waals surface area (Å²) in [5.41, 5.74) is 5.86. The molecular formula is C20H22F2. The Morgan fingerprint density at radius 3 is 1.86 bits per heavy atom. The highest BCUT2D eigenvalue weighted by Crippen LogP contribution is 2.39. The van der Waals surface area contributed by atoms with Gasteiger partial charge in [-0.1, -0.05) is 23.3 Å². The average molecular weight is 300 g/mol. The predicted octanol–water partition coefficient (Wildman–Crippen LogP) is 6.56. The van der Waals surface area contributed by atoms with Crippen LogP contribution in [-0.4, -0.2) is 0 Å². The van der Waals surface area contributed by atoms with Crippen molar-refractivity contribution < 1.29 is 8.78 Å². The number of allylic oxidation sites excluding steroid dienone is 12. The van der Waals surface area contributed by atoms with Crippen molar-refractivity contribution in [3.63, 3.8) is 0 Å². The highest BCUT2D eigenvalue weighted by atomic mass is 19.1. The Morgan fingerprint density at radius 1 is 0.636 bits per heavy atom. The van der Waals surface area contributed by atoms with Crippen molar-refractivity contribution >= 4 is 0 Å². The third-order valence-electron chi connectivity index (χ3n) is 4.80. The van der Waals surface area contributed by atoms with Gasteiger partial charge < -0.3 is 0 Å². The zero-order valence-electron chi connectivity index (χ0n) is 13.3. The highest BCUT2D eigenvalue weighted by Gasteiger charge is 2.22. The number of rotatable bonds is 2. The number of halogens is 2. The van der Waals surface area contributed by atoms with Crippen molar-refractivity contribution in [2.45, 2.75) is 52.4 Å². The van der Waals surface area contributed by atoms with Gasteiger partial charge in [-0.2, -0.15) is 0 Å². The Kier molecular flexibility index (Phi) is 4.28. The summed E-state index contributed by atoms with van der Waals surface area (Å²) in [6, 6.07) is 0. The van der Waals surface area contributed by atoms with Gasteiger partial charge in [0.2, 0.25) is 0 Å². The molecule has 0 aromatic rings. The summed E-state index contributed by atoms with van der Waals surface area (Å²) in [6.45, 7) is 4.04. The third-order valence-corrected chi connectivity index (χ3v) is 4.80. The molecule has 22 heavy (non-hydrogen) atoms. The SMILES string of the molecule is CC1=CC=C(C2=C(F)C=C(C3=C(F)C=C(C)CC3)CC2)CC1. The zero-order valence-corrected chi connectivity index (χ0v) is 13.3. The minimum atomic E-state index is -0.179. The molecule has 0 aromatic heterocycles. The molecule has 3 aliphatic carbocycles. The molecule has 0 spiro atoms. The lowest BCUT2D eigenvalue weighted by atomic mass is 9.83. The van der Waals surface area contributed by atoms with Crippen LogP contribution >= 0.6 is 0 Å². The fraction of sp³-hybridized carbons (Fsp3) is 0.400. The standard InChI is InChI=1S/C20H22F2/c1-13-3-6-15(7-4-13)17-10-8-16(12-20(17)22)18-9-5-14(2)11-19(18)21/h3,6,11-12H,4-5,7-10H2,1-2H3. The van der Waals surface area contributed by atoms with E-state index in [1.807, 2.05) is 13.0 Å². The minimum Gasteiger partial charge on any atom is -0.207 e. The molecule has 0 nitrogen and oxygen atoms in total. The molecule has 0 unspecified atom stereocenters. The molecule has 0 amide bonds.